The molecule has 18 heavy (non-hydrogen) atoms. The number of hydrogen-bond acceptors (Lipinski definition) is 3. The summed E-state index contributed by atoms with van der Waals surface area (Å²) in [4.78, 5) is 2.33. The molecule has 2 rings (SSSR count). The smallest absolute Gasteiger partial charge is 0.0826 e. The van der Waals surface area contributed by atoms with Crippen LogP contribution in [0.2, 0.25) is 10.0 Å². The summed E-state index contributed by atoms with van der Waals surface area (Å²) in [6.07, 6.45) is 0.241. The van der Waals surface area contributed by atoms with Gasteiger partial charge in [-0.15, -0.1) is 0 Å². The third-order valence-corrected chi connectivity index (χ3v) is 3.81. The Morgan fingerprint density at radius 2 is 2.11 bits per heavy atom. The summed E-state index contributed by atoms with van der Waals surface area (Å²) in [7, 11) is 1.94. The molecule has 1 fully saturated rings. The van der Waals surface area contributed by atoms with Gasteiger partial charge in [-0.3, -0.25) is 4.90 Å². The first kappa shape index (κ1) is 14.1. The lowest BCUT2D eigenvalue weighted by molar-refractivity contribution is -0.0291. The van der Waals surface area contributed by atoms with Crippen molar-refractivity contribution in [3.63, 3.8) is 0 Å². The highest BCUT2D eigenvalue weighted by Gasteiger charge is 2.21. The molecule has 1 unspecified atom stereocenters. The van der Waals surface area contributed by atoms with Crippen LogP contribution >= 0.6 is 23.2 Å². The van der Waals surface area contributed by atoms with Gasteiger partial charge in [0.15, 0.2) is 0 Å². The van der Waals surface area contributed by atoms with E-state index in [9.17, 15) is 0 Å². The first-order chi connectivity index (χ1) is 8.70. The van der Waals surface area contributed by atoms with Gasteiger partial charge in [0.1, 0.15) is 0 Å². The van der Waals surface area contributed by atoms with Crippen LogP contribution in [0.3, 0.4) is 0 Å². The fourth-order valence-corrected chi connectivity index (χ4v) is 2.70. The van der Waals surface area contributed by atoms with Gasteiger partial charge in [-0.05, 0) is 19.2 Å². The molecule has 0 amide bonds. The summed E-state index contributed by atoms with van der Waals surface area (Å²) in [6, 6.07) is 5.64. The van der Waals surface area contributed by atoms with Crippen LogP contribution < -0.4 is 5.32 Å². The molecule has 1 aliphatic heterocycles. The number of likely N-dealkylation sites (N-methyl/N-ethyl adjacent to an activating group) is 1. The number of halogens is 2. The molecular formula is C13H18Cl2N2O. The molecule has 0 saturated carbocycles. The van der Waals surface area contributed by atoms with Crippen LogP contribution in [-0.4, -0.2) is 44.3 Å². The Morgan fingerprint density at radius 1 is 1.39 bits per heavy atom. The standard InChI is InChI=1S/C13H18Cl2N2O/c1-16-7-10-8-17(5-6-18-10)9-11-12(14)3-2-4-13(11)15/h2-4,10,16H,5-9H2,1H3. The molecule has 1 aliphatic rings. The van der Waals surface area contributed by atoms with E-state index in [2.05, 4.69) is 10.2 Å². The van der Waals surface area contributed by atoms with Crippen molar-refractivity contribution in [1.82, 2.24) is 10.2 Å². The molecule has 1 saturated heterocycles. The van der Waals surface area contributed by atoms with Crippen molar-refractivity contribution in [2.45, 2.75) is 12.6 Å². The summed E-state index contributed by atoms with van der Waals surface area (Å²) in [5.41, 5.74) is 1.01. The highest BCUT2D eigenvalue weighted by atomic mass is 35.5. The summed E-state index contributed by atoms with van der Waals surface area (Å²) in [5.74, 6) is 0. The van der Waals surface area contributed by atoms with Crippen molar-refractivity contribution in [1.29, 1.82) is 0 Å². The molecule has 0 aromatic heterocycles. The quantitative estimate of drug-likeness (QED) is 0.921. The summed E-state index contributed by atoms with van der Waals surface area (Å²) in [5, 5.41) is 4.61. The zero-order valence-electron chi connectivity index (χ0n) is 10.5. The van der Waals surface area contributed by atoms with Crippen LogP contribution in [0.1, 0.15) is 5.56 Å². The van der Waals surface area contributed by atoms with E-state index in [1.165, 1.54) is 0 Å². The van der Waals surface area contributed by atoms with Crippen molar-refractivity contribution in [3.8, 4) is 0 Å². The Hall–Kier alpha value is -0.320. The third-order valence-electron chi connectivity index (χ3n) is 3.10. The molecule has 1 aromatic rings. The van der Waals surface area contributed by atoms with E-state index in [1.54, 1.807) is 0 Å². The van der Waals surface area contributed by atoms with Gasteiger partial charge in [0, 0.05) is 41.8 Å². The van der Waals surface area contributed by atoms with Gasteiger partial charge in [-0.25, -0.2) is 0 Å². The van der Waals surface area contributed by atoms with Crippen LogP contribution in [0.15, 0.2) is 18.2 Å². The second kappa shape index (κ2) is 6.73. The van der Waals surface area contributed by atoms with Crippen molar-refractivity contribution in [2.75, 3.05) is 33.3 Å². The van der Waals surface area contributed by atoms with E-state index in [0.717, 1.165) is 48.4 Å². The van der Waals surface area contributed by atoms with Crippen LogP contribution in [0, 0.1) is 0 Å². The number of morpholine rings is 1. The lowest BCUT2D eigenvalue weighted by Crippen LogP contribution is -2.45. The minimum absolute atomic E-state index is 0.241. The van der Waals surface area contributed by atoms with Gasteiger partial charge in [-0.2, -0.15) is 0 Å². The van der Waals surface area contributed by atoms with Gasteiger partial charge < -0.3 is 10.1 Å². The molecule has 0 aliphatic carbocycles. The predicted octanol–water partition coefficient (Wildman–Crippen LogP) is 2.41. The number of benzene rings is 1. The summed E-state index contributed by atoms with van der Waals surface area (Å²) >= 11 is 12.4. The molecule has 1 atom stereocenters. The molecular weight excluding hydrogens is 271 g/mol. The SMILES string of the molecule is CNCC1CN(Cc2c(Cl)cccc2Cl)CCO1. The lowest BCUT2D eigenvalue weighted by Gasteiger charge is -2.33. The van der Waals surface area contributed by atoms with E-state index >= 15 is 0 Å². The van der Waals surface area contributed by atoms with Crippen molar-refractivity contribution >= 4 is 23.2 Å². The van der Waals surface area contributed by atoms with Gasteiger partial charge in [0.05, 0.1) is 12.7 Å². The number of rotatable bonds is 4. The molecule has 100 valence electrons. The Kier molecular flexibility index (Phi) is 5.27. The maximum atomic E-state index is 6.19. The monoisotopic (exact) mass is 288 g/mol. The van der Waals surface area contributed by atoms with E-state index in [1.807, 2.05) is 25.2 Å². The van der Waals surface area contributed by atoms with Gasteiger partial charge in [-0.1, -0.05) is 29.3 Å². The van der Waals surface area contributed by atoms with Gasteiger partial charge in [0.2, 0.25) is 0 Å². The van der Waals surface area contributed by atoms with E-state index in [4.69, 9.17) is 27.9 Å². The van der Waals surface area contributed by atoms with Crippen molar-refractivity contribution < 1.29 is 4.74 Å². The van der Waals surface area contributed by atoms with E-state index < -0.39 is 0 Å². The lowest BCUT2D eigenvalue weighted by atomic mass is 10.2. The summed E-state index contributed by atoms with van der Waals surface area (Å²) < 4.78 is 5.68. The zero-order chi connectivity index (χ0) is 13.0. The second-order valence-electron chi connectivity index (χ2n) is 4.49. The first-order valence-corrected chi connectivity index (χ1v) is 6.87. The van der Waals surface area contributed by atoms with Gasteiger partial charge in [0.25, 0.3) is 0 Å². The second-order valence-corrected chi connectivity index (χ2v) is 5.30. The molecule has 0 radical (unpaired) electrons. The predicted molar refractivity (Wildman–Crippen MR) is 75.4 cm³/mol. The molecule has 1 heterocycles. The minimum atomic E-state index is 0.241. The third kappa shape index (κ3) is 3.59. The maximum Gasteiger partial charge on any atom is 0.0826 e. The largest absolute Gasteiger partial charge is 0.374 e. The van der Waals surface area contributed by atoms with Gasteiger partial charge >= 0.3 is 0 Å². The fourth-order valence-electron chi connectivity index (χ4n) is 2.18. The van der Waals surface area contributed by atoms with Crippen molar-refractivity contribution in [3.05, 3.63) is 33.8 Å². The Morgan fingerprint density at radius 3 is 2.78 bits per heavy atom. The zero-order valence-corrected chi connectivity index (χ0v) is 12.0. The topological polar surface area (TPSA) is 24.5 Å². The van der Waals surface area contributed by atoms with Crippen LogP contribution in [0.25, 0.3) is 0 Å². The van der Waals surface area contributed by atoms with Crippen LogP contribution in [0.4, 0.5) is 0 Å². The molecule has 0 spiro atoms. The van der Waals surface area contributed by atoms with E-state index in [-0.39, 0.29) is 6.10 Å². The molecule has 1 aromatic carbocycles. The maximum absolute atomic E-state index is 6.19. The molecule has 0 bridgehead atoms. The Bertz CT molecular complexity index is 378. The first-order valence-electron chi connectivity index (χ1n) is 6.12. The fraction of sp³-hybridized carbons (Fsp3) is 0.538. The number of nitrogens with one attached hydrogen (secondary N) is 1. The average Bonchev–Trinajstić information content (AvgIpc) is 2.35. The Balaban J connectivity index is 2.00. The molecule has 1 N–H and O–H groups in total. The minimum Gasteiger partial charge on any atom is -0.374 e. The number of ether oxygens (including phenoxy) is 1. The highest BCUT2D eigenvalue weighted by Crippen LogP contribution is 2.26. The Labute approximate surface area is 118 Å². The number of hydrogen-bond donors (Lipinski definition) is 1. The van der Waals surface area contributed by atoms with Crippen LogP contribution in [0.5, 0.6) is 0 Å². The van der Waals surface area contributed by atoms with E-state index in [0.29, 0.717) is 0 Å². The van der Waals surface area contributed by atoms with Crippen molar-refractivity contribution in [2.24, 2.45) is 0 Å². The normalized spacial score (nSPS) is 21.2. The average molecular weight is 289 g/mol. The molecule has 3 nitrogen and oxygen atoms in total. The highest BCUT2D eigenvalue weighted by molar-refractivity contribution is 6.35. The molecule has 5 heteroatoms. The van der Waals surface area contributed by atoms with Crippen LogP contribution in [-0.2, 0) is 11.3 Å². The summed E-state index contributed by atoms with van der Waals surface area (Å²) in [6.45, 7) is 4.23. The number of nitrogens with zero attached hydrogens (tertiary/aromatic N) is 1.